The van der Waals surface area contributed by atoms with Gasteiger partial charge in [0.1, 0.15) is 6.61 Å². The second-order valence-corrected chi connectivity index (χ2v) is 3.53. The van der Waals surface area contributed by atoms with E-state index in [4.69, 9.17) is 10.5 Å². The zero-order valence-electron chi connectivity index (χ0n) is 10.1. The highest BCUT2D eigenvalue weighted by molar-refractivity contribution is 5.64. The lowest BCUT2D eigenvalue weighted by molar-refractivity contribution is -0.275. The molecular formula is C11H11F4NO4. The summed E-state index contributed by atoms with van der Waals surface area (Å²) in [7, 11) is 0. The van der Waals surface area contributed by atoms with Crippen molar-refractivity contribution in [1.29, 1.82) is 0 Å². The van der Waals surface area contributed by atoms with Crippen molar-refractivity contribution in [3.63, 3.8) is 0 Å². The molecule has 0 aliphatic carbocycles. The fourth-order valence-electron chi connectivity index (χ4n) is 1.23. The van der Waals surface area contributed by atoms with E-state index < -0.39 is 24.0 Å². The van der Waals surface area contributed by atoms with Crippen molar-refractivity contribution in [3.05, 3.63) is 29.6 Å². The first-order valence-electron chi connectivity index (χ1n) is 5.32. The Hall–Kier alpha value is -2.03. The van der Waals surface area contributed by atoms with Gasteiger partial charge in [0.25, 0.3) is 0 Å². The van der Waals surface area contributed by atoms with Crippen LogP contribution >= 0.6 is 0 Å². The number of amides is 1. The third-order valence-corrected chi connectivity index (χ3v) is 1.96. The number of rotatable bonds is 6. The molecular weight excluding hydrogens is 286 g/mol. The number of carbonyl (C=O) groups excluding carboxylic acids is 1. The summed E-state index contributed by atoms with van der Waals surface area (Å²) >= 11 is 0. The molecule has 1 rings (SSSR count). The van der Waals surface area contributed by atoms with Crippen LogP contribution in [-0.2, 0) is 16.1 Å². The third kappa shape index (κ3) is 6.23. The zero-order chi connectivity index (χ0) is 15.2. The minimum Gasteiger partial charge on any atom is -0.447 e. The summed E-state index contributed by atoms with van der Waals surface area (Å²) < 4.78 is 61.9. The second kappa shape index (κ2) is 6.94. The number of primary amides is 1. The van der Waals surface area contributed by atoms with Crippen LogP contribution in [0.1, 0.15) is 5.56 Å². The van der Waals surface area contributed by atoms with E-state index in [-0.39, 0.29) is 19.8 Å². The third-order valence-electron chi connectivity index (χ3n) is 1.96. The maximum absolute atomic E-state index is 13.3. The first kappa shape index (κ1) is 16.0. The van der Waals surface area contributed by atoms with Gasteiger partial charge in [-0.05, 0) is 17.7 Å². The van der Waals surface area contributed by atoms with E-state index in [1.54, 1.807) is 0 Å². The minimum absolute atomic E-state index is 0.0192. The molecule has 5 nitrogen and oxygen atoms in total. The Morgan fingerprint density at radius 1 is 1.25 bits per heavy atom. The predicted molar refractivity (Wildman–Crippen MR) is 58.3 cm³/mol. The van der Waals surface area contributed by atoms with Gasteiger partial charge < -0.3 is 19.9 Å². The van der Waals surface area contributed by atoms with E-state index in [1.807, 2.05) is 0 Å². The van der Waals surface area contributed by atoms with Crippen molar-refractivity contribution >= 4 is 6.09 Å². The van der Waals surface area contributed by atoms with Crippen LogP contribution in [0.15, 0.2) is 18.2 Å². The normalized spacial score (nSPS) is 11.2. The van der Waals surface area contributed by atoms with Crippen molar-refractivity contribution < 1.29 is 36.6 Å². The van der Waals surface area contributed by atoms with Gasteiger partial charge in [0.15, 0.2) is 11.6 Å². The molecule has 20 heavy (non-hydrogen) atoms. The molecule has 1 amide bonds. The van der Waals surface area contributed by atoms with Gasteiger partial charge >= 0.3 is 12.5 Å². The molecule has 0 aliphatic rings. The second-order valence-electron chi connectivity index (χ2n) is 3.53. The van der Waals surface area contributed by atoms with E-state index >= 15 is 0 Å². The number of hydrogen-bond donors (Lipinski definition) is 1. The van der Waals surface area contributed by atoms with E-state index in [0.29, 0.717) is 5.56 Å². The molecule has 112 valence electrons. The molecule has 1 aromatic rings. The van der Waals surface area contributed by atoms with Gasteiger partial charge in [0, 0.05) is 0 Å². The van der Waals surface area contributed by atoms with Crippen LogP contribution in [0.2, 0.25) is 0 Å². The fraction of sp³-hybridized carbons (Fsp3) is 0.364. The summed E-state index contributed by atoms with van der Waals surface area (Å²) in [6, 6.07) is 2.93. The molecule has 9 heteroatoms. The van der Waals surface area contributed by atoms with Crippen LogP contribution in [-0.4, -0.2) is 25.7 Å². The number of benzene rings is 1. The van der Waals surface area contributed by atoms with Crippen molar-refractivity contribution in [2.75, 3.05) is 13.2 Å². The van der Waals surface area contributed by atoms with Crippen LogP contribution in [0, 0.1) is 5.82 Å². The predicted octanol–water partition coefficient (Wildman–Crippen LogP) is 2.34. The number of carbonyl (C=O) groups is 1. The van der Waals surface area contributed by atoms with Gasteiger partial charge in [-0.2, -0.15) is 0 Å². The number of ether oxygens (including phenoxy) is 3. The molecule has 0 heterocycles. The lowest BCUT2D eigenvalue weighted by Crippen LogP contribution is -2.18. The van der Waals surface area contributed by atoms with Gasteiger partial charge in [0.2, 0.25) is 0 Å². The standard InChI is InChI=1S/C11H11F4NO4/c12-8-5-7(6-18-3-4-19-10(16)17)1-2-9(8)20-11(13,14)15/h1-2,5H,3-4,6H2,(H2,16,17). The van der Waals surface area contributed by atoms with E-state index in [1.165, 1.54) is 6.07 Å². The summed E-state index contributed by atoms with van der Waals surface area (Å²) in [6.45, 7) is -0.121. The monoisotopic (exact) mass is 297 g/mol. The molecule has 0 spiro atoms. The average molecular weight is 297 g/mol. The molecule has 2 N–H and O–H groups in total. The highest BCUT2D eigenvalue weighted by atomic mass is 19.4. The molecule has 0 aromatic heterocycles. The van der Waals surface area contributed by atoms with Crippen molar-refractivity contribution in [2.24, 2.45) is 5.73 Å². The highest BCUT2D eigenvalue weighted by Crippen LogP contribution is 2.26. The zero-order valence-corrected chi connectivity index (χ0v) is 10.1. The average Bonchev–Trinajstić information content (AvgIpc) is 2.30. The van der Waals surface area contributed by atoms with E-state index in [0.717, 1.165) is 12.1 Å². The first-order chi connectivity index (χ1) is 9.28. The fourth-order valence-corrected chi connectivity index (χ4v) is 1.23. The van der Waals surface area contributed by atoms with Crippen molar-refractivity contribution in [2.45, 2.75) is 13.0 Å². The minimum atomic E-state index is -4.95. The summed E-state index contributed by atoms with van der Waals surface area (Å²) in [6.07, 6.45) is -5.90. The lowest BCUT2D eigenvalue weighted by atomic mass is 10.2. The van der Waals surface area contributed by atoms with Crippen LogP contribution in [0.3, 0.4) is 0 Å². The summed E-state index contributed by atoms with van der Waals surface area (Å²) in [5.74, 6) is -2.07. The van der Waals surface area contributed by atoms with Crippen LogP contribution < -0.4 is 10.5 Å². The van der Waals surface area contributed by atoms with Gasteiger partial charge in [-0.25, -0.2) is 9.18 Å². The number of alkyl halides is 3. The molecule has 0 aliphatic heterocycles. The Bertz CT molecular complexity index is 464. The van der Waals surface area contributed by atoms with Crippen molar-refractivity contribution in [3.8, 4) is 5.75 Å². The molecule has 0 saturated heterocycles. The van der Waals surface area contributed by atoms with Gasteiger partial charge in [-0.1, -0.05) is 6.07 Å². The van der Waals surface area contributed by atoms with Gasteiger partial charge in [-0.15, -0.1) is 13.2 Å². The molecule has 0 unspecified atom stereocenters. The molecule has 0 radical (unpaired) electrons. The maximum atomic E-state index is 13.3. The van der Waals surface area contributed by atoms with E-state index in [9.17, 15) is 22.4 Å². The van der Waals surface area contributed by atoms with Crippen LogP contribution in [0.4, 0.5) is 22.4 Å². The Morgan fingerprint density at radius 3 is 2.50 bits per heavy atom. The summed E-state index contributed by atoms with van der Waals surface area (Å²) in [4.78, 5) is 10.2. The molecule has 0 bridgehead atoms. The smallest absolute Gasteiger partial charge is 0.447 e. The SMILES string of the molecule is NC(=O)OCCOCc1ccc(OC(F)(F)F)c(F)c1. The molecule has 0 fully saturated rings. The Kier molecular flexibility index (Phi) is 5.56. The van der Waals surface area contributed by atoms with Crippen LogP contribution in [0.5, 0.6) is 5.75 Å². The Labute approximate surface area is 111 Å². The van der Waals surface area contributed by atoms with Gasteiger partial charge in [-0.3, -0.25) is 0 Å². The summed E-state index contributed by atoms with van der Waals surface area (Å²) in [5.41, 5.74) is 5.00. The van der Waals surface area contributed by atoms with Gasteiger partial charge in [0.05, 0.1) is 13.2 Å². The number of hydrogen-bond acceptors (Lipinski definition) is 4. The summed E-state index contributed by atoms with van der Waals surface area (Å²) in [5, 5.41) is 0. The number of halogens is 4. The number of nitrogens with two attached hydrogens (primary N) is 1. The quantitative estimate of drug-likeness (QED) is 0.646. The maximum Gasteiger partial charge on any atom is 0.573 e. The molecule has 0 atom stereocenters. The first-order valence-corrected chi connectivity index (χ1v) is 5.32. The largest absolute Gasteiger partial charge is 0.573 e. The highest BCUT2D eigenvalue weighted by Gasteiger charge is 2.32. The molecule has 1 aromatic carbocycles. The Balaban J connectivity index is 2.45. The van der Waals surface area contributed by atoms with E-state index in [2.05, 4.69) is 9.47 Å². The van der Waals surface area contributed by atoms with Crippen LogP contribution in [0.25, 0.3) is 0 Å². The molecule has 0 saturated carbocycles. The lowest BCUT2D eigenvalue weighted by Gasteiger charge is -2.10. The van der Waals surface area contributed by atoms with Crippen molar-refractivity contribution in [1.82, 2.24) is 0 Å². The topological polar surface area (TPSA) is 70.8 Å². The Morgan fingerprint density at radius 2 is 1.95 bits per heavy atom.